The van der Waals surface area contributed by atoms with Crippen molar-refractivity contribution < 1.29 is 28.5 Å². The first-order chi connectivity index (χ1) is 11.7. The van der Waals surface area contributed by atoms with Crippen molar-refractivity contribution in [2.75, 3.05) is 21.0 Å². The van der Waals surface area contributed by atoms with E-state index in [9.17, 15) is 4.79 Å². The van der Waals surface area contributed by atoms with Crippen molar-refractivity contribution in [3.63, 3.8) is 0 Å². The Morgan fingerprint density at radius 1 is 1.04 bits per heavy atom. The molecule has 0 N–H and O–H groups in total. The molecule has 24 heavy (non-hydrogen) atoms. The quantitative estimate of drug-likeness (QED) is 0.862. The molecular weight excluding hydrogens is 312 g/mol. The third-order valence-corrected chi connectivity index (χ3v) is 4.19. The minimum absolute atomic E-state index is 0.0489. The first-order valence-corrected chi connectivity index (χ1v) is 7.55. The summed E-state index contributed by atoms with van der Waals surface area (Å²) < 4.78 is 27.4. The van der Waals surface area contributed by atoms with Gasteiger partial charge in [0.2, 0.25) is 12.5 Å². The van der Waals surface area contributed by atoms with Crippen molar-refractivity contribution >= 4 is 5.78 Å². The molecule has 0 aliphatic carbocycles. The van der Waals surface area contributed by atoms with Gasteiger partial charge < -0.3 is 23.7 Å². The van der Waals surface area contributed by atoms with Crippen LogP contribution in [0.4, 0.5) is 0 Å². The zero-order valence-corrected chi connectivity index (χ0v) is 13.3. The fraction of sp³-hybridized carbons (Fsp3) is 0.278. The predicted octanol–water partition coefficient (Wildman–Crippen LogP) is 3.14. The average Bonchev–Trinajstić information content (AvgIpc) is 3.08. The molecule has 0 spiro atoms. The Morgan fingerprint density at radius 3 is 2.54 bits per heavy atom. The predicted molar refractivity (Wildman–Crippen MR) is 84.4 cm³/mol. The lowest BCUT2D eigenvalue weighted by molar-refractivity contribution is 0.0844. The van der Waals surface area contributed by atoms with E-state index >= 15 is 0 Å². The van der Waals surface area contributed by atoms with Gasteiger partial charge in [-0.05, 0) is 17.7 Å². The fourth-order valence-corrected chi connectivity index (χ4v) is 3.01. The molecule has 1 unspecified atom stereocenters. The summed E-state index contributed by atoms with van der Waals surface area (Å²) in [5, 5.41) is 0. The van der Waals surface area contributed by atoms with E-state index in [1.54, 1.807) is 13.2 Å². The van der Waals surface area contributed by atoms with E-state index in [2.05, 4.69) is 0 Å². The van der Waals surface area contributed by atoms with E-state index in [-0.39, 0.29) is 25.1 Å². The Hall–Kier alpha value is -2.89. The Kier molecular flexibility index (Phi) is 3.45. The lowest BCUT2D eigenvalue weighted by Crippen LogP contribution is -2.21. The van der Waals surface area contributed by atoms with Crippen molar-refractivity contribution in [1.29, 1.82) is 0 Å². The minimum atomic E-state index is -0.360. The third-order valence-electron chi connectivity index (χ3n) is 4.19. The minimum Gasteiger partial charge on any atom is -0.497 e. The molecule has 0 amide bonds. The summed E-state index contributed by atoms with van der Waals surface area (Å²) >= 11 is 0. The molecule has 6 nitrogen and oxygen atoms in total. The maximum Gasteiger partial charge on any atom is 0.231 e. The molecule has 0 saturated heterocycles. The van der Waals surface area contributed by atoms with Crippen LogP contribution in [0, 0.1) is 0 Å². The van der Waals surface area contributed by atoms with E-state index in [4.69, 9.17) is 23.7 Å². The van der Waals surface area contributed by atoms with Crippen LogP contribution in [0.2, 0.25) is 0 Å². The molecule has 6 heteroatoms. The molecule has 2 aliphatic rings. The molecule has 124 valence electrons. The summed E-state index contributed by atoms with van der Waals surface area (Å²) in [6.07, 6.45) is -0.129. The number of ketones is 1. The summed E-state index contributed by atoms with van der Waals surface area (Å²) in [7, 11) is 3.11. The second-order valence-corrected chi connectivity index (χ2v) is 5.52. The van der Waals surface area contributed by atoms with Crippen LogP contribution >= 0.6 is 0 Å². The Bertz CT molecular complexity index is 796. The maximum atomic E-state index is 12.7. The number of ether oxygens (including phenoxy) is 5. The first-order valence-electron chi connectivity index (χ1n) is 7.55. The van der Waals surface area contributed by atoms with Crippen molar-refractivity contribution in [2.24, 2.45) is 0 Å². The van der Waals surface area contributed by atoms with Gasteiger partial charge in [0, 0.05) is 6.07 Å². The van der Waals surface area contributed by atoms with Crippen LogP contribution in [-0.2, 0) is 0 Å². The molecular formula is C18H16O6. The van der Waals surface area contributed by atoms with Gasteiger partial charge in [0.15, 0.2) is 17.3 Å². The van der Waals surface area contributed by atoms with Crippen molar-refractivity contribution in [1.82, 2.24) is 0 Å². The number of benzene rings is 2. The monoisotopic (exact) mass is 328 g/mol. The van der Waals surface area contributed by atoms with Gasteiger partial charge in [-0.25, -0.2) is 0 Å². The first kappa shape index (κ1) is 14.7. The zero-order valence-electron chi connectivity index (χ0n) is 13.3. The van der Waals surface area contributed by atoms with Crippen LogP contribution in [0.15, 0.2) is 30.3 Å². The number of hydrogen-bond donors (Lipinski definition) is 0. The number of carbonyl (C=O) groups excluding carboxylic acids is 1. The lowest BCUT2D eigenvalue weighted by Gasteiger charge is -2.27. The standard InChI is InChI=1S/C18H16O6/c1-20-11-5-3-10(4-6-11)13-7-12(19)16-14(24-13)8-15-17(18(16)21-2)23-9-22-15/h3-6,8,13H,7,9H2,1-2H3. The molecule has 2 heterocycles. The topological polar surface area (TPSA) is 63.2 Å². The van der Waals surface area contributed by atoms with Gasteiger partial charge in [0.05, 0.1) is 20.6 Å². The van der Waals surface area contributed by atoms with Crippen molar-refractivity contribution in [2.45, 2.75) is 12.5 Å². The Morgan fingerprint density at radius 2 is 1.83 bits per heavy atom. The second kappa shape index (κ2) is 5.63. The molecule has 0 saturated carbocycles. The van der Waals surface area contributed by atoms with Gasteiger partial charge >= 0.3 is 0 Å². The number of carbonyl (C=O) groups is 1. The highest BCUT2D eigenvalue weighted by Gasteiger charge is 2.35. The van der Waals surface area contributed by atoms with Crippen molar-refractivity contribution in [3.8, 4) is 28.7 Å². The molecule has 2 aliphatic heterocycles. The summed E-state index contributed by atoms with van der Waals surface area (Å²) in [5.41, 5.74) is 1.32. The van der Waals surface area contributed by atoms with Crippen molar-refractivity contribution in [3.05, 3.63) is 41.5 Å². The van der Waals surface area contributed by atoms with E-state index in [0.717, 1.165) is 11.3 Å². The van der Waals surface area contributed by atoms with Crippen LogP contribution in [0.3, 0.4) is 0 Å². The number of rotatable bonds is 3. The highest BCUT2D eigenvalue weighted by molar-refractivity contribution is 6.04. The highest BCUT2D eigenvalue weighted by atomic mass is 16.7. The molecule has 2 aromatic rings. The molecule has 2 aromatic carbocycles. The maximum absolute atomic E-state index is 12.7. The SMILES string of the molecule is COc1ccc(C2CC(=O)c3c(cc4c(c3OC)OCO4)O2)cc1. The van der Waals surface area contributed by atoms with Crippen LogP contribution in [-0.4, -0.2) is 26.8 Å². The third kappa shape index (κ3) is 2.22. The van der Waals surface area contributed by atoms with E-state index in [0.29, 0.717) is 28.6 Å². The largest absolute Gasteiger partial charge is 0.497 e. The second-order valence-electron chi connectivity index (χ2n) is 5.52. The molecule has 0 aromatic heterocycles. The molecule has 0 fully saturated rings. The van der Waals surface area contributed by atoms with E-state index in [1.807, 2.05) is 24.3 Å². The number of fused-ring (bicyclic) bond motifs is 2. The Balaban J connectivity index is 1.73. The Labute approximate surface area is 138 Å². The highest BCUT2D eigenvalue weighted by Crippen LogP contribution is 2.51. The molecule has 1 atom stereocenters. The summed E-state index contributed by atoms with van der Waals surface area (Å²) in [6.45, 7) is 0.102. The van der Waals surface area contributed by atoms with Crippen LogP contribution in [0.5, 0.6) is 28.7 Å². The molecule has 4 rings (SSSR count). The van der Waals surface area contributed by atoms with E-state index in [1.165, 1.54) is 7.11 Å². The number of hydrogen-bond acceptors (Lipinski definition) is 6. The summed E-state index contributed by atoms with van der Waals surface area (Å²) in [6, 6.07) is 9.17. The summed E-state index contributed by atoms with van der Waals surface area (Å²) in [4.78, 5) is 12.7. The van der Waals surface area contributed by atoms with Gasteiger partial charge in [-0.2, -0.15) is 0 Å². The van der Waals surface area contributed by atoms with Gasteiger partial charge in [-0.1, -0.05) is 12.1 Å². The van der Waals surface area contributed by atoms with Crippen LogP contribution in [0.1, 0.15) is 28.4 Å². The number of methoxy groups -OCH3 is 2. The smallest absolute Gasteiger partial charge is 0.231 e. The van der Waals surface area contributed by atoms with Crippen LogP contribution in [0.25, 0.3) is 0 Å². The summed E-state index contributed by atoms with van der Waals surface area (Å²) in [5.74, 6) is 2.51. The molecule has 0 bridgehead atoms. The zero-order chi connectivity index (χ0) is 16.7. The van der Waals surface area contributed by atoms with Gasteiger partial charge in [-0.3, -0.25) is 4.79 Å². The van der Waals surface area contributed by atoms with Gasteiger partial charge in [-0.15, -0.1) is 0 Å². The lowest BCUT2D eigenvalue weighted by atomic mass is 9.95. The van der Waals surface area contributed by atoms with Gasteiger partial charge in [0.1, 0.15) is 23.2 Å². The number of Topliss-reactive ketones (excluding diaryl/α,β-unsaturated/α-hetero) is 1. The van der Waals surface area contributed by atoms with E-state index < -0.39 is 0 Å². The normalized spacial score (nSPS) is 17.9. The average molecular weight is 328 g/mol. The van der Waals surface area contributed by atoms with Gasteiger partial charge in [0.25, 0.3) is 0 Å². The fourth-order valence-electron chi connectivity index (χ4n) is 3.01. The van der Waals surface area contributed by atoms with Crippen LogP contribution < -0.4 is 23.7 Å². The molecule has 0 radical (unpaired) electrons.